The molecule has 260 valence electrons. The normalized spacial score (nSPS) is 10.9. The van der Waals surface area contributed by atoms with Gasteiger partial charge in [0.1, 0.15) is 17.7 Å². The van der Waals surface area contributed by atoms with Crippen molar-refractivity contribution in [2.75, 3.05) is 29.5 Å². The van der Waals surface area contributed by atoms with E-state index in [4.69, 9.17) is 15.9 Å². The van der Waals surface area contributed by atoms with Gasteiger partial charge in [0.25, 0.3) is 0 Å². The molecule has 3 heterocycles. The summed E-state index contributed by atoms with van der Waals surface area (Å²) in [6, 6.07) is 14.3. The first kappa shape index (κ1) is 36.9. The molecular formula is C44H36N6O3. The number of benzene rings is 2. The number of rotatable bonds is 8. The molecular weight excluding hydrogens is 661 g/mol. The van der Waals surface area contributed by atoms with Crippen LogP contribution in [0.25, 0.3) is 23.1 Å². The van der Waals surface area contributed by atoms with E-state index in [9.17, 15) is 4.79 Å². The number of nitrogens with one attached hydrogen (secondary N) is 1. The number of ether oxygens (including phenoxy) is 2. The van der Waals surface area contributed by atoms with E-state index < -0.39 is 5.97 Å². The van der Waals surface area contributed by atoms with Gasteiger partial charge in [-0.3, -0.25) is 5.10 Å². The van der Waals surface area contributed by atoms with Gasteiger partial charge < -0.3 is 19.3 Å². The number of hydrogen-bond donors (Lipinski definition) is 1. The Hall–Kier alpha value is -7.39. The van der Waals surface area contributed by atoms with Crippen molar-refractivity contribution in [1.82, 2.24) is 19.8 Å². The molecule has 9 heteroatoms. The predicted molar refractivity (Wildman–Crippen MR) is 209 cm³/mol. The molecule has 53 heavy (non-hydrogen) atoms. The van der Waals surface area contributed by atoms with Gasteiger partial charge in [0.05, 0.1) is 29.1 Å². The topological polar surface area (TPSA) is 88.0 Å². The first-order chi connectivity index (χ1) is 25.7. The number of aromatic amines is 1. The summed E-state index contributed by atoms with van der Waals surface area (Å²) >= 11 is 0. The monoisotopic (exact) mass is 696 g/mol. The molecule has 9 nitrogen and oxygen atoms in total. The summed E-state index contributed by atoms with van der Waals surface area (Å²) in [7, 11) is 0. The van der Waals surface area contributed by atoms with E-state index in [1.54, 1.807) is 10.6 Å². The fraction of sp³-hybridized carbons (Fsp3) is 0.227. The van der Waals surface area contributed by atoms with Gasteiger partial charge in [0, 0.05) is 42.7 Å². The van der Waals surface area contributed by atoms with E-state index in [2.05, 4.69) is 143 Å². The second-order valence-corrected chi connectivity index (χ2v) is 12.2. The quantitative estimate of drug-likeness (QED) is 0.127. The summed E-state index contributed by atoms with van der Waals surface area (Å²) in [5.74, 6) is 25.8. The first-order valence-electron chi connectivity index (χ1n) is 16.9. The third kappa shape index (κ3) is 8.33. The lowest BCUT2D eigenvalue weighted by Crippen LogP contribution is -2.27. The minimum atomic E-state index is -0.750. The van der Waals surface area contributed by atoms with Crippen molar-refractivity contribution in [3.05, 3.63) is 83.0 Å². The number of aromatic nitrogens is 4. The van der Waals surface area contributed by atoms with Crippen molar-refractivity contribution < 1.29 is 14.3 Å². The van der Waals surface area contributed by atoms with E-state index in [0.29, 0.717) is 35.0 Å². The van der Waals surface area contributed by atoms with E-state index in [0.717, 1.165) is 35.8 Å². The average Bonchev–Trinajstić information content (AvgIpc) is 3.82. The standard InChI is InChI=1S/C44H36N6O3/c1-8-12-13-14-15-16-17-18-19-24-31-53-43(51)40-34(25-20-23-28-39-48(9-2)36-26-21-22-27-37(36)49(39)10-3)41-45-46-42(50(41)47-40)35-32-33(44(5,6)7)29-30-38(35)52-11-4/h1,21-23,25-30,32,47H,9-11H2,2-7H3. The first-order valence-corrected chi connectivity index (χ1v) is 16.9. The van der Waals surface area contributed by atoms with Gasteiger partial charge in [-0.25, -0.2) is 9.31 Å². The molecule has 0 fully saturated rings. The Labute approximate surface area is 310 Å². The fourth-order valence-corrected chi connectivity index (χ4v) is 5.58. The van der Waals surface area contributed by atoms with E-state index in [1.165, 1.54) is 0 Å². The lowest BCUT2D eigenvalue weighted by atomic mass is 9.86. The van der Waals surface area contributed by atoms with Crippen molar-refractivity contribution in [3.63, 3.8) is 0 Å². The molecule has 5 rings (SSSR count). The Balaban J connectivity index is 1.55. The maximum Gasteiger partial charge on any atom is 0.370 e. The van der Waals surface area contributed by atoms with Crippen LogP contribution in [0.2, 0.25) is 0 Å². The highest BCUT2D eigenvalue weighted by molar-refractivity contribution is 5.95. The van der Waals surface area contributed by atoms with Crippen LogP contribution < -0.4 is 14.5 Å². The maximum absolute atomic E-state index is 13.5. The van der Waals surface area contributed by atoms with Crippen LogP contribution in [-0.4, -0.2) is 45.5 Å². The predicted octanol–water partition coefficient (Wildman–Crippen LogP) is 6.56. The third-order valence-corrected chi connectivity index (χ3v) is 7.96. The van der Waals surface area contributed by atoms with Crippen LogP contribution >= 0.6 is 0 Å². The Morgan fingerprint density at radius 3 is 2.13 bits per heavy atom. The zero-order valence-electron chi connectivity index (χ0n) is 30.4. The Morgan fingerprint density at radius 1 is 0.887 bits per heavy atom. The molecule has 2 aromatic heterocycles. The minimum absolute atomic E-state index is 0.0960. The molecule has 4 aromatic rings. The molecule has 0 spiro atoms. The number of carbonyl (C=O) groups excluding carboxylic acids is 1. The number of esters is 1. The molecule has 0 amide bonds. The number of anilines is 2. The highest BCUT2D eigenvalue weighted by Crippen LogP contribution is 2.41. The lowest BCUT2D eigenvalue weighted by Gasteiger charge is -2.22. The number of nitrogens with zero attached hydrogens (tertiary/aromatic N) is 5. The van der Waals surface area contributed by atoms with Crippen molar-refractivity contribution in [1.29, 1.82) is 0 Å². The molecule has 1 aliphatic rings. The number of carbonyl (C=O) groups is 1. The lowest BCUT2D eigenvalue weighted by molar-refractivity contribution is 0.0683. The molecule has 0 radical (unpaired) electrons. The average molecular weight is 697 g/mol. The number of hydrogen-bond acceptors (Lipinski definition) is 7. The van der Waals surface area contributed by atoms with Crippen molar-refractivity contribution in [2.24, 2.45) is 0 Å². The van der Waals surface area contributed by atoms with Crippen LogP contribution in [0, 0.1) is 71.7 Å². The van der Waals surface area contributed by atoms with Crippen LogP contribution in [0.1, 0.15) is 63.2 Å². The zero-order chi connectivity index (χ0) is 37.8. The molecule has 1 N–H and O–H groups in total. The highest BCUT2D eigenvalue weighted by Gasteiger charge is 2.28. The molecule has 0 bridgehead atoms. The van der Waals surface area contributed by atoms with Gasteiger partial charge in [-0.2, -0.15) is 0 Å². The Morgan fingerprint density at radius 2 is 1.53 bits per heavy atom. The summed E-state index contributed by atoms with van der Waals surface area (Å²) in [6.45, 7) is 14.6. The number of allylic oxidation sites excluding steroid dienone is 2. The Bertz CT molecular complexity index is 2490. The molecule has 0 aliphatic carbocycles. The van der Waals surface area contributed by atoms with Crippen LogP contribution in [0.5, 0.6) is 5.75 Å². The molecule has 2 aromatic carbocycles. The van der Waals surface area contributed by atoms with Gasteiger partial charge in [-0.15, -0.1) is 22.4 Å². The summed E-state index contributed by atoms with van der Waals surface area (Å²) in [4.78, 5) is 18.0. The van der Waals surface area contributed by atoms with Crippen molar-refractivity contribution >= 4 is 29.1 Å². The largest absolute Gasteiger partial charge is 0.493 e. The van der Waals surface area contributed by atoms with E-state index >= 15 is 0 Å². The summed E-state index contributed by atoms with van der Waals surface area (Å²) in [5, 5.41) is 12.1. The maximum atomic E-state index is 13.5. The molecule has 0 unspecified atom stereocenters. The van der Waals surface area contributed by atoms with Crippen LogP contribution in [0.4, 0.5) is 11.4 Å². The van der Waals surface area contributed by atoms with Crippen molar-refractivity contribution in [2.45, 2.75) is 47.0 Å². The van der Waals surface area contributed by atoms with Gasteiger partial charge in [0.15, 0.2) is 17.2 Å². The molecule has 0 atom stereocenters. The number of H-pyrrole nitrogens is 1. The Kier molecular flexibility index (Phi) is 11.8. The van der Waals surface area contributed by atoms with Gasteiger partial charge in [0.2, 0.25) is 0 Å². The fourth-order valence-electron chi connectivity index (χ4n) is 5.58. The third-order valence-electron chi connectivity index (χ3n) is 7.96. The van der Waals surface area contributed by atoms with Crippen molar-refractivity contribution in [3.8, 4) is 88.9 Å². The minimum Gasteiger partial charge on any atom is -0.493 e. The summed E-state index contributed by atoms with van der Waals surface area (Å²) in [6.07, 6.45) is 12.8. The number of para-hydroxylation sites is 2. The summed E-state index contributed by atoms with van der Waals surface area (Å²) < 4.78 is 12.9. The van der Waals surface area contributed by atoms with Crippen LogP contribution in [0.15, 0.2) is 66.2 Å². The van der Waals surface area contributed by atoms with Crippen LogP contribution in [0.3, 0.4) is 0 Å². The highest BCUT2D eigenvalue weighted by atomic mass is 16.5. The van der Waals surface area contributed by atoms with Gasteiger partial charge in [-0.05, 0) is 104 Å². The number of fused-ring (bicyclic) bond motifs is 2. The zero-order valence-corrected chi connectivity index (χ0v) is 30.4. The van der Waals surface area contributed by atoms with Gasteiger partial charge >= 0.3 is 5.97 Å². The SMILES string of the molecule is C#CC#CC#CC#CC#CC#COC(=O)c1[nH]n2c(-c3cc(C(C)(C)C)ccc3OCC)nnc2c1C=C=CC=C1N(CC)c2ccccc2N1CC. The molecule has 1 aliphatic heterocycles. The van der Waals surface area contributed by atoms with Gasteiger partial charge in [-0.1, -0.05) is 39.0 Å². The smallest absolute Gasteiger partial charge is 0.370 e. The number of terminal acetylenes is 1. The molecule has 0 saturated carbocycles. The summed E-state index contributed by atoms with van der Waals surface area (Å²) in [5.41, 5.74) is 8.07. The van der Waals surface area contributed by atoms with E-state index in [1.807, 2.05) is 49.4 Å². The molecule has 0 saturated heterocycles. The van der Waals surface area contributed by atoms with E-state index in [-0.39, 0.29) is 11.1 Å². The van der Waals surface area contributed by atoms with Crippen LogP contribution in [-0.2, 0) is 10.2 Å². The second kappa shape index (κ2) is 17.0. The second-order valence-electron chi connectivity index (χ2n) is 12.2.